The van der Waals surface area contributed by atoms with Crippen LogP contribution < -0.4 is 0 Å². The van der Waals surface area contributed by atoms with E-state index in [4.69, 9.17) is 0 Å². The lowest BCUT2D eigenvalue weighted by atomic mass is 9.91. The van der Waals surface area contributed by atoms with Gasteiger partial charge in [-0.15, -0.1) is 0 Å². The summed E-state index contributed by atoms with van der Waals surface area (Å²) in [5, 5.41) is 30.4. The zero-order valence-electron chi connectivity index (χ0n) is 16.9. The van der Waals surface area contributed by atoms with Crippen molar-refractivity contribution in [3.05, 3.63) is 87.5 Å². The molecule has 0 amide bonds. The summed E-state index contributed by atoms with van der Waals surface area (Å²) in [7, 11) is 0. The number of hydrogen-bond donors (Lipinski definition) is 3. The van der Waals surface area contributed by atoms with Gasteiger partial charge in [0, 0.05) is 12.8 Å². The lowest BCUT2D eigenvalue weighted by Crippen LogP contribution is -2.00. The summed E-state index contributed by atoms with van der Waals surface area (Å²) in [4.78, 5) is 22.2. The fourth-order valence-corrected chi connectivity index (χ4v) is 3.45. The molecule has 5 nitrogen and oxygen atoms in total. The third kappa shape index (κ3) is 4.51. The molecule has 0 spiro atoms. The maximum atomic E-state index is 11.1. The van der Waals surface area contributed by atoms with E-state index in [-0.39, 0.29) is 34.3 Å². The van der Waals surface area contributed by atoms with Crippen LogP contribution in [0.25, 0.3) is 0 Å². The van der Waals surface area contributed by atoms with E-state index in [2.05, 4.69) is 13.8 Å². The summed E-state index contributed by atoms with van der Waals surface area (Å²) in [6, 6.07) is 13.5. The number of aromatic hydroxyl groups is 3. The molecule has 0 radical (unpaired) electrons. The Hall–Kier alpha value is -3.60. The molecule has 3 aromatic carbocycles. The van der Waals surface area contributed by atoms with Crippen LogP contribution in [-0.4, -0.2) is 27.9 Å². The van der Waals surface area contributed by atoms with Gasteiger partial charge in [0.25, 0.3) is 0 Å². The van der Waals surface area contributed by atoms with Crippen LogP contribution in [0.4, 0.5) is 0 Å². The predicted octanol–water partition coefficient (Wildman–Crippen LogP) is 4.73. The Morgan fingerprint density at radius 2 is 1.17 bits per heavy atom. The van der Waals surface area contributed by atoms with Crippen LogP contribution >= 0.6 is 0 Å². The molecule has 0 atom stereocenters. The van der Waals surface area contributed by atoms with Crippen molar-refractivity contribution in [2.24, 2.45) is 0 Å². The SMILES string of the molecule is CC(C)c1cc(Cc2ccc(O)c(C=O)c2)c(O)c(Cc2ccc(O)c(C=O)c2)c1. The van der Waals surface area contributed by atoms with Crippen molar-refractivity contribution < 1.29 is 24.9 Å². The Labute approximate surface area is 175 Å². The normalized spacial score (nSPS) is 10.9. The van der Waals surface area contributed by atoms with Crippen LogP contribution in [0, 0.1) is 0 Å². The summed E-state index contributed by atoms with van der Waals surface area (Å²) in [6.45, 7) is 4.13. The maximum absolute atomic E-state index is 11.1. The van der Waals surface area contributed by atoms with E-state index in [0.717, 1.165) is 16.7 Å². The highest BCUT2D eigenvalue weighted by Crippen LogP contribution is 2.32. The first-order chi connectivity index (χ1) is 14.3. The molecule has 30 heavy (non-hydrogen) atoms. The number of hydrogen-bond acceptors (Lipinski definition) is 5. The molecule has 0 aliphatic rings. The molecule has 0 aliphatic carbocycles. The molecule has 0 bridgehead atoms. The summed E-state index contributed by atoms with van der Waals surface area (Å²) < 4.78 is 0. The van der Waals surface area contributed by atoms with Crippen LogP contribution in [0.1, 0.15) is 68.3 Å². The van der Waals surface area contributed by atoms with Gasteiger partial charge in [-0.05, 0) is 58.0 Å². The van der Waals surface area contributed by atoms with Crippen molar-refractivity contribution in [2.45, 2.75) is 32.6 Å². The second-order valence-electron chi connectivity index (χ2n) is 7.72. The molecule has 3 rings (SSSR count). The summed E-state index contributed by atoms with van der Waals surface area (Å²) >= 11 is 0. The molecular formula is C25H24O5. The fraction of sp³-hybridized carbons (Fsp3) is 0.200. The Bertz CT molecular complexity index is 1020. The highest BCUT2D eigenvalue weighted by Gasteiger charge is 2.15. The number of rotatable bonds is 7. The van der Waals surface area contributed by atoms with Crippen LogP contribution in [0.5, 0.6) is 17.2 Å². The minimum absolute atomic E-state index is 0.0760. The summed E-state index contributed by atoms with van der Waals surface area (Å²) in [6.07, 6.45) is 2.00. The van der Waals surface area contributed by atoms with E-state index in [1.165, 1.54) is 12.1 Å². The smallest absolute Gasteiger partial charge is 0.153 e. The Morgan fingerprint density at radius 3 is 1.53 bits per heavy atom. The van der Waals surface area contributed by atoms with Gasteiger partial charge in [-0.3, -0.25) is 9.59 Å². The van der Waals surface area contributed by atoms with E-state index < -0.39 is 0 Å². The molecule has 0 saturated carbocycles. The lowest BCUT2D eigenvalue weighted by molar-refractivity contribution is 0.111. The van der Waals surface area contributed by atoms with Crippen molar-refractivity contribution in [1.29, 1.82) is 0 Å². The lowest BCUT2D eigenvalue weighted by Gasteiger charge is -2.16. The summed E-state index contributed by atoms with van der Waals surface area (Å²) in [5.41, 5.74) is 4.49. The zero-order valence-corrected chi connectivity index (χ0v) is 16.9. The topological polar surface area (TPSA) is 94.8 Å². The van der Waals surface area contributed by atoms with Crippen molar-refractivity contribution in [3.63, 3.8) is 0 Å². The van der Waals surface area contributed by atoms with Gasteiger partial charge >= 0.3 is 0 Å². The van der Waals surface area contributed by atoms with Crippen LogP contribution in [0.3, 0.4) is 0 Å². The van der Waals surface area contributed by atoms with Crippen molar-refractivity contribution >= 4 is 12.6 Å². The van der Waals surface area contributed by atoms with E-state index in [9.17, 15) is 24.9 Å². The maximum Gasteiger partial charge on any atom is 0.153 e. The fourth-order valence-electron chi connectivity index (χ4n) is 3.45. The highest BCUT2D eigenvalue weighted by atomic mass is 16.3. The minimum Gasteiger partial charge on any atom is -0.507 e. The first-order valence-electron chi connectivity index (χ1n) is 9.71. The van der Waals surface area contributed by atoms with Crippen LogP contribution in [0.2, 0.25) is 0 Å². The number of benzene rings is 3. The molecule has 5 heteroatoms. The number of phenols is 3. The van der Waals surface area contributed by atoms with E-state index in [1.807, 2.05) is 12.1 Å². The standard InChI is InChI=1S/C25H24O5/c1-15(2)18-11-19(7-16-3-5-23(28)21(9-16)13-26)25(30)20(12-18)8-17-4-6-24(29)22(10-17)14-27/h3-6,9-15,28-30H,7-8H2,1-2H3. The predicted molar refractivity (Wildman–Crippen MR) is 115 cm³/mol. The molecule has 0 fully saturated rings. The van der Waals surface area contributed by atoms with Gasteiger partial charge in [-0.25, -0.2) is 0 Å². The van der Waals surface area contributed by atoms with Gasteiger partial charge in [-0.2, -0.15) is 0 Å². The van der Waals surface area contributed by atoms with Gasteiger partial charge in [-0.1, -0.05) is 38.1 Å². The Kier molecular flexibility index (Phi) is 6.21. The van der Waals surface area contributed by atoms with Crippen molar-refractivity contribution in [1.82, 2.24) is 0 Å². The monoisotopic (exact) mass is 404 g/mol. The third-order valence-corrected chi connectivity index (χ3v) is 5.18. The third-order valence-electron chi connectivity index (χ3n) is 5.18. The molecule has 3 N–H and O–H groups in total. The second-order valence-corrected chi connectivity index (χ2v) is 7.72. The van der Waals surface area contributed by atoms with Gasteiger partial charge in [0.05, 0.1) is 11.1 Å². The number of phenolic OH excluding ortho intramolecular Hbond substituents is 3. The molecular weight excluding hydrogens is 380 g/mol. The molecule has 0 aromatic heterocycles. The van der Waals surface area contributed by atoms with Gasteiger partial charge in [0.1, 0.15) is 17.2 Å². The average Bonchev–Trinajstić information content (AvgIpc) is 2.73. The quantitative estimate of drug-likeness (QED) is 0.495. The average molecular weight is 404 g/mol. The highest BCUT2D eigenvalue weighted by molar-refractivity contribution is 5.80. The first-order valence-corrected chi connectivity index (χ1v) is 9.71. The molecule has 3 aromatic rings. The van der Waals surface area contributed by atoms with Crippen molar-refractivity contribution in [2.75, 3.05) is 0 Å². The minimum atomic E-state index is -0.0760. The molecule has 154 valence electrons. The molecule has 0 aliphatic heterocycles. The van der Waals surface area contributed by atoms with Gasteiger partial charge in [0.15, 0.2) is 12.6 Å². The largest absolute Gasteiger partial charge is 0.507 e. The Balaban J connectivity index is 2.01. The summed E-state index contributed by atoms with van der Waals surface area (Å²) in [5.74, 6) is 0.237. The van der Waals surface area contributed by atoms with Crippen LogP contribution in [0.15, 0.2) is 48.5 Å². The number of carbonyl (C=O) groups excluding carboxylic acids is 2. The van der Waals surface area contributed by atoms with Gasteiger partial charge < -0.3 is 15.3 Å². The first kappa shape index (κ1) is 21.1. The molecule has 0 heterocycles. The zero-order chi connectivity index (χ0) is 21.8. The van der Waals surface area contributed by atoms with E-state index >= 15 is 0 Å². The number of aldehydes is 2. The Morgan fingerprint density at radius 1 is 0.733 bits per heavy atom. The van der Waals surface area contributed by atoms with E-state index in [1.54, 1.807) is 24.3 Å². The molecule has 0 unspecified atom stereocenters. The van der Waals surface area contributed by atoms with Crippen LogP contribution in [-0.2, 0) is 12.8 Å². The van der Waals surface area contributed by atoms with E-state index in [0.29, 0.717) is 36.5 Å². The second kappa shape index (κ2) is 8.82. The number of carbonyl (C=O) groups is 2. The van der Waals surface area contributed by atoms with Crippen molar-refractivity contribution in [3.8, 4) is 17.2 Å². The molecule has 0 saturated heterocycles. The van der Waals surface area contributed by atoms with Gasteiger partial charge in [0.2, 0.25) is 0 Å².